The van der Waals surface area contributed by atoms with Gasteiger partial charge in [0.1, 0.15) is 5.69 Å². The first-order valence-electron chi connectivity index (χ1n) is 8.55. The first-order chi connectivity index (χ1) is 12.9. The highest BCUT2D eigenvalue weighted by atomic mass is 32.2. The van der Waals surface area contributed by atoms with Gasteiger partial charge in [-0.1, -0.05) is 36.8 Å². The number of nitrogens with two attached hydrogens (primary N) is 1. The molecule has 3 N–H and O–H groups in total. The molecule has 8 nitrogen and oxygen atoms in total. The molecule has 0 heterocycles. The van der Waals surface area contributed by atoms with Crippen molar-refractivity contribution in [1.29, 1.82) is 0 Å². The monoisotopic (exact) mass is 388 g/mol. The van der Waals surface area contributed by atoms with Crippen LogP contribution in [-0.2, 0) is 10.0 Å². The van der Waals surface area contributed by atoms with Crippen LogP contribution in [0.25, 0.3) is 0 Å². The van der Waals surface area contributed by atoms with Crippen LogP contribution >= 0.6 is 0 Å². The van der Waals surface area contributed by atoms with Crippen molar-refractivity contribution < 1.29 is 13.3 Å². The number of hydrazone groups is 1. The van der Waals surface area contributed by atoms with Crippen molar-refractivity contribution in [1.82, 2.24) is 0 Å². The van der Waals surface area contributed by atoms with Gasteiger partial charge in [-0.05, 0) is 37.0 Å². The zero-order valence-corrected chi connectivity index (χ0v) is 15.4. The summed E-state index contributed by atoms with van der Waals surface area (Å²) in [5.41, 5.74) is 4.58. The lowest BCUT2D eigenvalue weighted by Gasteiger charge is -2.24. The van der Waals surface area contributed by atoms with E-state index in [4.69, 9.17) is 5.14 Å². The third-order valence-corrected chi connectivity index (χ3v) is 5.51. The Morgan fingerprint density at radius 2 is 1.89 bits per heavy atom. The molecule has 3 rings (SSSR count). The van der Waals surface area contributed by atoms with Gasteiger partial charge in [0, 0.05) is 17.7 Å². The third kappa shape index (κ3) is 4.50. The summed E-state index contributed by atoms with van der Waals surface area (Å²) in [4.78, 5) is 10.3. The van der Waals surface area contributed by atoms with Crippen LogP contribution in [0.1, 0.15) is 37.2 Å². The molecule has 27 heavy (non-hydrogen) atoms. The van der Waals surface area contributed by atoms with Crippen molar-refractivity contribution >= 4 is 27.1 Å². The molecule has 0 aromatic heterocycles. The van der Waals surface area contributed by atoms with E-state index in [-0.39, 0.29) is 16.5 Å². The van der Waals surface area contributed by atoms with Crippen LogP contribution in [0.5, 0.6) is 0 Å². The van der Waals surface area contributed by atoms with Crippen LogP contribution in [-0.4, -0.2) is 19.1 Å². The lowest BCUT2D eigenvalue weighted by Crippen LogP contribution is -2.19. The molecule has 1 fully saturated rings. The van der Waals surface area contributed by atoms with Crippen molar-refractivity contribution in [2.45, 2.75) is 36.5 Å². The molecule has 1 aliphatic rings. The predicted octanol–water partition coefficient (Wildman–Crippen LogP) is 3.37. The van der Waals surface area contributed by atoms with Crippen LogP contribution in [0.15, 0.2) is 58.5 Å². The zero-order chi connectivity index (χ0) is 19.4. The molecule has 2 aromatic carbocycles. The molecule has 0 saturated heterocycles. The van der Waals surface area contributed by atoms with E-state index in [2.05, 4.69) is 22.7 Å². The molecule has 0 spiro atoms. The number of hydrogen-bond acceptors (Lipinski definition) is 6. The van der Waals surface area contributed by atoms with E-state index in [1.165, 1.54) is 12.1 Å². The summed E-state index contributed by atoms with van der Waals surface area (Å²) < 4.78 is 22.9. The zero-order valence-electron chi connectivity index (χ0n) is 14.5. The molecule has 0 aliphatic heterocycles. The van der Waals surface area contributed by atoms with Gasteiger partial charge in [0.2, 0.25) is 10.0 Å². The summed E-state index contributed by atoms with van der Waals surface area (Å²) in [5.74, 6) is 0.162. The second kappa shape index (κ2) is 7.85. The van der Waals surface area contributed by atoms with Crippen molar-refractivity contribution in [2.75, 3.05) is 5.43 Å². The van der Waals surface area contributed by atoms with Gasteiger partial charge in [-0.3, -0.25) is 15.5 Å². The van der Waals surface area contributed by atoms with Crippen molar-refractivity contribution in [2.24, 2.45) is 10.2 Å². The SMILES string of the molecule is NS(=O)(=O)c1ccc(NN=C2CCCC[C@H]2c2ccccc2)c([N+](=O)[O-])c1. The molecule has 0 amide bonds. The molecule has 1 atom stereocenters. The summed E-state index contributed by atoms with van der Waals surface area (Å²) >= 11 is 0. The first-order valence-corrected chi connectivity index (χ1v) is 10.1. The number of nitrogens with one attached hydrogen (secondary N) is 1. The van der Waals surface area contributed by atoms with Crippen molar-refractivity contribution in [3.8, 4) is 0 Å². The summed E-state index contributed by atoms with van der Waals surface area (Å²) in [6, 6.07) is 13.5. The Morgan fingerprint density at radius 1 is 1.15 bits per heavy atom. The lowest BCUT2D eigenvalue weighted by molar-refractivity contribution is -0.384. The molecular formula is C18H20N4O4S. The average molecular weight is 388 g/mol. The Morgan fingerprint density at radius 3 is 2.56 bits per heavy atom. The maximum Gasteiger partial charge on any atom is 0.295 e. The average Bonchev–Trinajstić information content (AvgIpc) is 2.66. The van der Waals surface area contributed by atoms with Gasteiger partial charge in [0.15, 0.2) is 0 Å². The number of hydrogen-bond donors (Lipinski definition) is 2. The smallest absolute Gasteiger partial charge is 0.272 e. The Balaban J connectivity index is 1.91. The van der Waals surface area contributed by atoms with Gasteiger partial charge >= 0.3 is 0 Å². The van der Waals surface area contributed by atoms with Gasteiger partial charge in [-0.25, -0.2) is 13.6 Å². The summed E-state index contributed by atoms with van der Waals surface area (Å²) in [6.45, 7) is 0. The molecule has 142 valence electrons. The van der Waals surface area contributed by atoms with E-state index >= 15 is 0 Å². The largest absolute Gasteiger partial charge is 0.295 e. The highest BCUT2D eigenvalue weighted by molar-refractivity contribution is 7.89. The number of nitrogens with zero attached hydrogens (tertiary/aromatic N) is 2. The summed E-state index contributed by atoms with van der Waals surface area (Å²) in [5, 5.41) is 20.8. The minimum absolute atomic E-state index is 0.122. The van der Waals surface area contributed by atoms with Gasteiger partial charge in [-0.15, -0.1) is 0 Å². The third-order valence-electron chi connectivity index (χ3n) is 4.59. The number of nitro groups is 1. The van der Waals surface area contributed by atoms with Gasteiger partial charge in [0.05, 0.1) is 9.82 Å². The van der Waals surface area contributed by atoms with E-state index in [1.807, 2.05) is 18.2 Å². The van der Waals surface area contributed by atoms with Crippen LogP contribution in [0, 0.1) is 10.1 Å². The van der Waals surface area contributed by atoms with Crippen LogP contribution in [0.4, 0.5) is 11.4 Å². The van der Waals surface area contributed by atoms with E-state index < -0.39 is 20.6 Å². The van der Waals surface area contributed by atoms with E-state index in [0.29, 0.717) is 0 Å². The Hall–Kier alpha value is -2.78. The molecular weight excluding hydrogens is 368 g/mol. The number of nitro benzene ring substituents is 1. The first kappa shape index (κ1) is 19.0. The molecule has 0 unspecified atom stereocenters. The van der Waals surface area contributed by atoms with Crippen LogP contribution in [0.3, 0.4) is 0 Å². The molecule has 1 saturated carbocycles. The van der Waals surface area contributed by atoms with Gasteiger partial charge in [-0.2, -0.15) is 5.10 Å². The van der Waals surface area contributed by atoms with Gasteiger partial charge in [0.25, 0.3) is 5.69 Å². The second-order valence-corrected chi connectivity index (χ2v) is 7.97. The number of benzene rings is 2. The molecule has 2 aromatic rings. The fraction of sp³-hybridized carbons (Fsp3) is 0.278. The minimum Gasteiger partial charge on any atom is -0.272 e. The highest BCUT2D eigenvalue weighted by Crippen LogP contribution is 2.32. The minimum atomic E-state index is -4.02. The van der Waals surface area contributed by atoms with E-state index in [0.717, 1.165) is 43.0 Å². The number of primary sulfonamides is 1. The lowest BCUT2D eigenvalue weighted by atomic mass is 9.82. The second-order valence-electron chi connectivity index (χ2n) is 6.41. The Kier molecular flexibility index (Phi) is 5.52. The van der Waals surface area contributed by atoms with Crippen molar-refractivity contribution in [3.63, 3.8) is 0 Å². The molecule has 9 heteroatoms. The fourth-order valence-corrected chi connectivity index (χ4v) is 3.77. The number of anilines is 1. The normalized spacial score (nSPS) is 19.0. The Bertz CT molecular complexity index is 974. The van der Waals surface area contributed by atoms with Crippen LogP contribution in [0.2, 0.25) is 0 Å². The number of sulfonamides is 1. The molecule has 0 bridgehead atoms. The maximum atomic E-state index is 11.4. The van der Waals surface area contributed by atoms with E-state index in [1.54, 1.807) is 0 Å². The molecule has 1 aliphatic carbocycles. The van der Waals surface area contributed by atoms with Gasteiger partial charge < -0.3 is 0 Å². The van der Waals surface area contributed by atoms with Crippen LogP contribution < -0.4 is 10.6 Å². The van der Waals surface area contributed by atoms with Crippen molar-refractivity contribution in [3.05, 3.63) is 64.2 Å². The Labute approximate surface area is 157 Å². The topological polar surface area (TPSA) is 128 Å². The fourth-order valence-electron chi connectivity index (χ4n) is 3.24. The summed E-state index contributed by atoms with van der Waals surface area (Å²) in [6.07, 6.45) is 3.88. The highest BCUT2D eigenvalue weighted by Gasteiger charge is 2.23. The maximum absolute atomic E-state index is 11.4. The molecule has 0 radical (unpaired) electrons. The number of rotatable bonds is 5. The predicted molar refractivity (Wildman–Crippen MR) is 103 cm³/mol. The van der Waals surface area contributed by atoms with E-state index in [9.17, 15) is 18.5 Å². The standard InChI is InChI=1S/C18H20N4O4S/c19-27(25,26)14-10-11-17(18(12-14)22(23)24)21-20-16-9-5-4-8-15(16)13-6-2-1-3-7-13/h1-3,6-7,10-12,15,21H,4-5,8-9H2,(H2,19,25,26)/t15-/m0/s1. The summed E-state index contributed by atoms with van der Waals surface area (Å²) in [7, 11) is -4.02. The quantitative estimate of drug-likeness (QED) is 0.599.